The van der Waals surface area contributed by atoms with Crippen LogP contribution in [0.2, 0.25) is 0 Å². The first-order valence-electron chi connectivity index (χ1n) is 5.98. The molecule has 1 fully saturated rings. The minimum absolute atomic E-state index is 0.0940. The van der Waals surface area contributed by atoms with Crippen LogP contribution in [0.5, 0.6) is 0 Å². The van der Waals surface area contributed by atoms with Crippen LogP contribution in [0.4, 0.5) is 0 Å². The molecule has 0 aliphatic heterocycles. The van der Waals surface area contributed by atoms with Crippen LogP contribution >= 0.6 is 0 Å². The molecule has 1 saturated carbocycles. The van der Waals surface area contributed by atoms with E-state index in [9.17, 15) is 18.3 Å². The zero-order chi connectivity index (χ0) is 14.0. The van der Waals surface area contributed by atoms with Crippen molar-refractivity contribution in [3.63, 3.8) is 0 Å². The summed E-state index contributed by atoms with van der Waals surface area (Å²) in [6, 6.07) is 1.08. The Kier molecular flexibility index (Phi) is 3.93. The second kappa shape index (κ2) is 5.32. The fraction of sp³-hybridized carbons (Fsp3) is 0.545. The van der Waals surface area contributed by atoms with Gasteiger partial charge in [-0.1, -0.05) is 0 Å². The molecule has 0 saturated heterocycles. The van der Waals surface area contributed by atoms with E-state index in [1.807, 2.05) is 0 Å². The number of hydrogen-bond acceptors (Lipinski definition) is 4. The number of nitrogens with one attached hydrogen (secondary N) is 2. The molecule has 0 amide bonds. The number of carboxylic acids is 1. The largest absolute Gasteiger partial charge is 0.477 e. The number of H-pyrrole nitrogens is 1. The predicted molar refractivity (Wildman–Crippen MR) is 66.3 cm³/mol. The van der Waals surface area contributed by atoms with E-state index in [0.29, 0.717) is 12.8 Å². The van der Waals surface area contributed by atoms with Crippen LogP contribution in [0.15, 0.2) is 17.2 Å². The second-order valence-electron chi connectivity index (χ2n) is 4.74. The summed E-state index contributed by atoms with van der Waals surface area (Å²) in [7, 11) is -3.70. The first-order chi connectivity index (χ1) is 8.88. The van der Waals surface area contributed by atoms with Crippen molar-refractivity contribution in [1.29, 1.82) is 0 Å². The highest BCUT2D eigenvalue weighted by molar-refractivity contribution is 7.89. The number of rotatable bonds is 5. The maximum atomic E-state index is 11.9. The van der Waals surface area contributed by atoms with E-state index in [2.05, 4.69) is 9.71 Å². The number of aromatic carboxylic acids is 1. The van der Waals surface area contributed by atoms with E-state index in [1.54, 1.807) is 0 Å². The molecule has 1 aliphatic rings. The monoisotopic (exact) mass is 288 g/mol. The van der Waals surface area contributed by atoms with Gasteiger partial charge in [0.05, 0.1) is 6.10 Å². The Morgan fingerprint density at radius 2 is 2.21 bits per heavy atom. The Hall–Kier alpha value is -1.38. The Morgan fingerprint density at radius 3 is 2.74 bits per heavy atom. The summed E-state index contributed by atoms with van der Waals surface area (Å²) in [5.41, 5.74) is -0.170. The fourth-order valence-corrected chi connectivity index (χ4v) is 3.31. The minimum atomic E-state index is -3.70. The second-order valence-corrected chi connectivity index (χ2v) is 6.51. The van der Waals surface area contributed by atoms with E-state index >= 15 is 0 Å². The molecule has 7 nitrogen and oxygen atoms in total. The minimum Gasteiger partial charge on any atom is -0.477 e. The molecule has 1 heterocycles. The fourth-order valence-electron chi connectivity index (χ4n) is 2.20. The summed E-state index contributed by atoms with van der Waals surface area (Å²) < 4.78 is 26.3. The number of hydrogen-bond donors (Lipinski definition) is 4. The van der Waals surface area contributed by atoms with E-state index < -0.39 is 16.0 Å². The zero-order valence-corrected chi connectivity index (χ0v) is 11.0. The third-order valence-corrected chi connectivity index (χ3v) is 4.68. The lowest BCUT2D eigenvalue weighted by Crippen LogP contribution is -2.28. The maximum absolute atomic E-state index is 11.9. The first kappa shape index (κ1) is 14.0. The van der Waals surface area contributed by atoms with Crippen molar-refractivity contribution in [2.45, 2.75) is 30.3 Å². The molecule has 4 N–H and O–H groups in total. The number of aromatic nitrogens is 1. The Morgan fingerprint density at radius 1 is 1.47 bits per heavy atom. The number of aliphatic hydroxyl groups is 1. The van der Waals surface area contributed by atoms with Gasteiger partial charge in [0.15, 0.2) is 0 Å². The predicted octanol–water partition coefficient (Wildman–Crippen LogP) is 0.152. The molecule has 1 aliphatic carbocycles. The average Bonchev–Trinajstić information content (AvgIpc) is 2.95. The molecule has 2 atom stereocenters. The summed E-state index contributed by atoms with van der Waals surface area (Å²) in [4.78, 5) is 13.0. The lowest BCUT2D eigenvalue weighted by molar-refractivity contribution is 0.0691. The van der Waals surface area contributed by atoms with Crippen LogP contribution in [0.3, 0.4) is 0 Å². The number of carboxylic acid groups (broad SMARTS) is 1. The van der Waals surface area contributed by atoms with Gasteiger partial charge in [0, 0.05) is 12.7 Å². The Labute approximate surface area is 110 Å². The van der Waals surface area contributed by atoms with Crippen LogP contribution in [0, 0.1) is 5.92 Å². The van der Waals surface area contributed by atoms with Gasteiger partial charge >= 0.3 is 5.97 Å². The van der Waals surface area contributed by atoms with Crippen LogP contribution in [-0.2, 0) is 10.0 Å². The summed E-state index contributed by atoms with van der Waals surface area (Å²) >= 11 is 0. The van der Waals surface area contributed by atoms with Gasteiger partial charge in [-0.15, -0.1) is 0 Å². The van der Waals surface area contributed by atoms with Gasteiger partial charge in [-0.3, -0.25) is 0 Å². The van der Waals surface area contributed by atoms with Crippen molar-refractivity contribution < 1.29 is 23.4 Å². The number of sulfonamides is 1. The number of aromatic amines is 1. The van der Waals surface area contributed by atoms with Crippen molar-refractivity contribution in [1.82, 2.24) is 9.71 Å². The zero-order valence-electron chi connectivity index (χ0n) is 10.2. The van der Waals surface area contributed by atoms with Crippen molar-refractivity contribution in [3.05, 3.63) is 18.0 Å². The van der Waals surface area contributed by atoms with Gasteiger partial charge in [0.25, 0.3) is 0 Å². The molecule has 19 heavy (non-hydrogen) atoms. The van der Waals surface area contributed by atoms with Crippen molar-refractivity contribution in [3.8, 4) is 0 Å². The maximum Gasteiger partial charge on any atom is 0.352 e. The molecular formula is C11H16N2O5S. The lowest BCUT2D eigenvalue weighted by Gasteiger charge is -2.10. The molecule has 2 unspecified atom stereocenters. The molecule has 0 spiro atoms. The van der Waals surface area contributed by atoms with Gasteiger partial charge < -0.3 is 15.2 Å². The highest BCUT2D eigenvalue weighted by atomic mass is 32.2. The van der Waals surface area contributed by atoms with Crippen LogP contribution in [0.25, 0.3) is 0 Å². The molecule has 0 radical (unpaired) electrons. The van der Waals surface area contributed by atoms with Crippen LogP contribution < -0.4 is 4.72 Å². The van der Waals surface area contributed by atoms with Gasteiger partial charge in [-0.05, 0) is 31.2 Å². The third kappa shape index (κ3) is 3.34. The topological polar surface area (TPSA) is 119 Å². The third-order valence-electron chi connectivity index (χ3n) is 3.27. The number of carbonyl (C=O) groups is 1. The van der Waals surface area contributed by atoms with Crippen LogP contribution in [-0.4, -0.2) is 42.2 Å². The summed E-state index contributed by atoms with van der Waals surface area (Å²) in [5, 5.41) is 18.1. The summed E-state index contributed by atoms with van der Waals surface area (Å²) in [6.45, 7) is 0.257. The molecule has 0 bridgehead atoms. The van der Waals surface area contributed by atoms with Crippen molar-refractivity contribution in [2.75, 3.05) is 6.54 Å². The normalized spacial score (nSPS) is 23.6. The quantitative estimate of drug-likeness (QED) is 0.615. The smallest absolute Gasteiger partial charge is 0.352 e. The molecule has 8 heteroatoms. The van der Waals surface area contributed by atoms with E-state index in [0.717, 1.165) is 18.7 Å². The summed E-state index contributed by atoms with van der Waals surface area (Å²) in [6.07, 6.45) is 2.88. The van der Waals surface area contributed by atoms with Gasteiger partial charge in [-0.2, -0.15) is 0 Å². The molecule has 0 aromatic carbocycles. The SMILES string of the molecule is O=C(O)c1cc(S(=O)(=O)NCC2CCC(O)C2)c[nH]1. The van der Waals surface area contributed by atoms with Gasteiger partial charge in [-0.25, -0.2) is 17.9 Å². The van der Waals surface area contributed by atoms with E-state index in [1.165, 1.54) is 0 Å². The Bertz CT molecular complexity index is 565. The number of aliphatic hydroxyl groups excluding tert-OH is 1. The standard InChI is InChI=1S/C11H16N2O5S/c14-8-2-1-7(3-8)5-13-19(17,18)9-4-10(11(15)16)12-6-9/h4,6-8,12-14H,1-3,5H2,(H,15,16). The van der Waals surface area contributed by atoms with Gasteiger partial charge in [0.1, 0.15) is 10.6 Å². The Balaban J connectivity index is 1.99. The van der Waals surface area contributed by atoms with E-state index in [4.69, 9.17) is 5.11 Å². The average molecular weight is 288 g/mol. The summed E-state index contributed by atoms with van der Waals surface area (Å²) in [5.74, 6) is -1.08. The first-order valence-corrected chi connectivity index (χ1v) is 7.46. The molecular weight excluding hydrogens is 272 g/mol. The van der Waals surface area contributed by atoms with E-state index in [-0.39, 0.29) is 29.2 Å². The molecule has 1 aromatic rings. The van der Waals surface area contributed by atoms with Crippen LogP contribution in [0.1, 0.15) is 29.8 Å². The van der Waals surface area contributed by atoms with Crippen molar-refractivity contribution >= 4 is 16.0 Å². The lowest BCUT2D eigenvalue weighted by atomic mass is 10.1. The molecule has 2 rings (SSSR count). The molecule has 1 aromatic heterocycles. The van der Waals surface area contributed by atoms with Crippen molar-refractivity contribution in [2.24, 2.45) is 5.92 Å². The van der Waals surface area contributed by atoms with Gasteiger partial charge in [0.2, 0.25) is 10.0 Å². The highest BCUT2D eigenvalue weighted by Gasteiger charge is 2.25. The highest BCUT2D eigenvalue weighted by Crippen LogP contribution is 2.25. The molecule has 106 valence electrons.